The summed E-state index contributed by atoms with van der Waals surface area (Å²) in [7, 11) is 0. The minimum Gasteiger partial charge on any atom is -0.289 e. The van der Waals surface area contributed by atoms with Gasteiger partial charge >= 0.3 is 0 Å². The average Bonchev–Trinajstić information content (AvgIpc) is 2.62. The fourth-order valence-electron chi connectivity index (χ4n) is 3.03. The van der Waals surface area contributed by atoms with Crippen molar-refractivity contribution >= 4 is 17.2 Å². The molecule has 0 aromatic heterocycles. The van der Waals surface area contributed by atoms with E-state index in [4.69, 9.17) is 0 Å². The Morgan fingerprint density at radius 1 is 0.731 bits per heavy atom. The largest absolute Gasteiger partial charge is 0.289 e. The van der Waals surface area contributed by atoms with E-state index in [9.17, 15) is 4.79 Å². The molecule has 3 aromatic carbocycles. The van der Waals surface area contributed by atoms with Crippen molar-refractivity contribution in [3.8, 4) is 0 Å². The monoisotopic (exact) mass is 342 g/mol. The number of aryl methyl sites for hydroxylation is 4. The molecule has 0 spiro atoms. The lowest BCUT2D eigenvalue weighted by Crippen LogP contribution is -2.03. The van der Waals surface area contributed by atoms with Gasteiger partial charge in [-0.1, -0.05) is 54.1 Å². The van der Waals surface area contributed by atoms with Crippen LogP contribution in [0, 0.1) is 27.7 Å². The molecule has 130 valence electrons. The maximum Gasteiger partial charge on any atom is 0.195 e. The first-order valence-electron chi connectivity index (χ1n) is 8.65. The Balaban J connectivity index is 2.07. The van der Waals surface area contributed by atoms with E-state index < -0.39 is 0 Å². The van der Waals surface area contributed by atoms with Crippen LogP contribution in [-0.4, -0.2) is 5.78 Å². The van der Waals surface area contributed by atoms with Crippen LogP contribution < -0.4 is 0 Å². The molecule has 3 heteroatoms. The van der Waals surface area contributed by atoms with Gasteiger partial charge in [-0.15, -0.1) is 5.11 Å². The van der Waals surface area contributed by atoms with Gasteiger partial charge in [0.05, 0.1) is 16.9 Å². The van der Waals surface area contributed by atoms with E-state index in [1.54, 1.807) is 0 Å². The normalized spacial score (nSPS) is 11.1. The summed E-state index contributed by atoms with van der Waals surface area (Å²) in [5.41, 5.74) is 6.91. The first-order chi connectivity index (χ1) is 12.5. The Morgan fingerprint density at radius 3 is 2.12 bits per heavy atom. The third kappa shape index (κ3) is 3.77. The minimum atomic E-state index is -0.0352. The summed E-state index contributed by atoms with van der Waals surface area (Å²) in [5, 5.41) is 8.88. The Bertz CT molecular complexity index is 989. The van der Waals surface area contributed by atoms with Crippen LogP contribution in [0.2, 0.25) is 0 Å². The van der Waals surface area contributed by atoms with Gasteiger partial charge in [-0.05, 0) is 56.5 Å². The highest BCUT2D eigenvalue weighted by Gasteiger charge is 2.16. The summed E-state index contributed by atoms with van der Waals surface area (Å²) < 4.78 is 0. The van der Waals surface area contributed by atoms with E-state index in [-0.39, 0.29) is 5.78 Å². The van der Waals surface area contributed by atoms with Crippen LogP contribution in [0.5, 0.6) is 0 Å². The molecule has 0 aliphatic carbocycles. The lowest BCUT2D eigenvalue weighted by Gasteiger charge is -2.09. The maximum absolute atomic E-state index is 13.0. The number of azo groups is 1. The van der Waals surface area contributed by atoms with Crippen LogP contribution in [0.25, 0.3) is 0 Å². The van der Waals surface area contributed by atoms with E-state index in [0.717, 1.165) is 22.4 Å². The molecule has 0 fully saturated rings. The molecular weight excluding hydrogens is 320 g/mol. The third-order valence-electron chi connectivity index (χ3n) is 4.34. The molecule has 0 heterocycles. The molecule has 0 atom stereocenters. The van der Waals surface area contributed by atoms with Gasteiger partial charge in [-0.2, -0.15) is 5.11 Å². The van der Waals surface area contributed by atoms with E-state index in [1.165, 1.54) is 5.56 Å². The fourth-order valence-corrected chi connectivity index (χ4v) is 3.03. The smallest absolute Gasteiger partial charge is 0.195 e. The molecule has 26 heavy (non-hydrogen) atoms. The number of nitrogens with zero attached hydrogens (tertiary/aromatic N) is 2. The van der Waals surface area contributed by atoms with E-state index in [0.29, 0.717) is 16.8 Å². The van der Waals surface area contributed by atoms with Crippen molar-refractivity contribution in [2.45, 2.75) is 27.7 Å². The second kappa shape index (κ2) is 7.44. The van der Waals surface area contributed by atoms with Crippen molar-refractivity contribution in [2.24, 2.45) is 10.2 Å². The van der Waals surface area contributed by atoms with Crippen molar-refractivity contribution in [1.29, 1.82) is 0 Å². The van der Waals surface area contributed by atoms with E-state index in [1.807, 2.05) is 75.4 Å². The molecule has 0 saturated carbocycles. The van der Waals surface area contributed by atoms with Crippen molar-refractivity contribution < 1.29 is 4.79 Å². The predicted molar refractivity (Wildman–Crippen MR) is 106 cm³/mol. The van der Waals surface area contributed by atoms with Crippen molar-refractivity contribution in [2.75, 3.05) is 0 Å². The summed E-state index contributed by atoms with van der Waals surface area (Å²) in [6, 6.07) is 19.2. The molecule has 3 aromatic rings. The van der Waals surface area contributed by atoms with Crippen molar-refractivity contribution in [1.82, 2.24) is 0 Å². The van der Waals surface area contributed by atoms with E-state index >= 15 is 0 Å². The lowest BCUT2D eigenvalue weighted by atomic mass is 9.97. The second-order valence-electron chi connectivity index (χ2n) is 6.66. The number of ketones is 1. The molecule has 0 aliphatic heterocycles. The first-order valence-corrected chi connectivity index (χ1v) is 8.65. The molecule has 0 saturated heterocycles. The molecule has 0 aliphatic rings. The lowest BCUT2D eigenvalue weighted by molar-refractivity contribution is 0.103. The van der Waals surface area contributed by atoms with Gasteiger partial charge in [0.25, 0.3) is 0 Å². The number of benzene rings is 3. The van der Waals surface area contributed by atoms with Gasteiger partial charge in [0, 0.05) is 5.56 Å². The molecule has 3 rings (SSSR count). The molecular formula is C23H22N2O. The summed E-state index contributed by atoms with van der Waals surface area (Å²) in [5.74, 6) is -0.0352. The van der Waals surface area contributed by atoms with Crippen LogP contribution >= 0.6 is 0 Å². The second-order valence-corrected chi connectivity index (χ2v) is 6.66. The van der Waals surface area contributed by atoms with Crippen molar-refractivity contribution in [3.63, 3.8) is 0 Å². The molecule has 3 nitrogen and oxygen atoms in total. The van der Waals surface area contributed by atoms with Crippen LogP contribution in [0.1, 0.15) is 38.2 Å². The Morgan fingerprint density at radius 2 is 1.42 bits per heavy atom. The van der Waals surface area contributed by atoms with Crippen LogP contribution in [-0.2, 0) is 0 Å². The fraction of sp³-hybridized carbons (Fsp3) is 0.174. The number of carbonyl (C=O) groups is 1. The zero-order valence-electron chi connectivity index (χ0n) is 15.6. The van der Waals surface area contributed by atoms with Crippen LogP contribution in [0.4, 0.5) is 11.4 Å². The first kappa shape index (κ1) is 17.7. The number of rotatable bonds is 4. The zero-order chi connectivity index (χ0) is 18.7. The van der Waals surface area contributed by atoms with Crippen LogP contribution in [0.3, 0.4) is 0 Å². The average molecular weight is 342 g/mol. The van der Waals surface area contributed by atoms with E-state index in [2.05, 4.69) is 23.2 Å². The molecule has 0 N–H and O–H groups in total. The Kier molecular flexibility index (Phi) is 5.08. The summed E-state index contributed by atoms with van der Waals surface area (Å²) in [6.45, 7) is 8.01. The van der Waals surface area contributed by atoms with Gasteiger partial charge in [-0.3, -0.25) is 4.79 Å². The highest BCUT2D eigenvalue weighted by molar-refractivity contribution is 6.12. The predicted octanol–water partition coefficient (Wildman–Crippen LogP) is 6.57. The quantitative estimate of drug-likeness (QED) is 0.390. The van der Waals surface area contributed by atoms with Gasteiger partial charge in [0.15, 0.2) is 5.78 Å². The number of hydrogen-bond acceptors (Lipinski definition) is 3. The maximum atomic E-state index is 13.0. The molecule has 0 radical (unpaired) electrons. The zero-order valence-corrected chi connectivity index (χ0v) is 15.6. The minimum absolute atomic E-state index is 0.0352. The Hall–Kier alpha value is -3.07. The van der Waals surface area contributed by atoms with Gasteiger partial charge < -0.3 is 0 Å². The van der Waals surface area contributed by atoms with Crippen molar-refractivity contribution in [3.05, 3.63) is 94.0 Å². The molecule has 0 amide bonds. The third-order valence-corrected chi connectivity index (χ3v) is 4.34. The van der Waals surface area contributed by atoms with Gasteiger partial charge in [0.2, 0.25) is 0 Å². The molecule has 0 bridgehead atoms. The Labute approximate surface area is 154 Å². The standard InChI is InChI=1S/C23H22N2O/c1-15-10-11-21(17(3)12-15)24-25-22-18(4)13-16(2)14-20(22)23(26)19-8-6-5-7-9-19/h5-14H,1-4H3. The highest BCUT2D eigenvalue weighted by Crippen LogP contribution is 2.30. The summed E-state index contributed by atoms with van der Waals surface area (Å²) in [4.78, 5) is 13.0. The molecule has 0 unspecified atom stereocenters. The highest BCUT2D eigenvalue weighted by atomic mass is 16.1. The van der Waals surface area contributed by atoms with Crippen LogP contribution in [0.15, 0.2) is 70.9 Å². The number of hydrogen-bond donors (Lipinski definition) is 0. The number of carbonyl (C=O) groups excluding carboxylic acids is 1. The van der Waals surface area contributed by atoms with Gasteiger partial charge in [-0.25, -0.2) is 0 Å². The SMILES string of the molecule is Cc1ccc(N=Nc2c(C)cc(C)cc2C(=O)c2ccccc2)c(C)c1. The topological polar surface area (TPSA) is 41.8 Å². The summed E-state index contributed by atoms with van der Waals surface area (Å²) in [6.07, 6.45) is 0. The van der Waals surface area contributed by atoms with Gasteiger partial charge in [0.1, 0.15) is 0 Å². The summed E-state index contributed by atoms with van der Waals surface area (Å²) >= 11 is 0.